The molecule has 0 aliphatic carbocycles. The van der Waals surface area contributed by atoms with E-state index in [2.05, 4.69) is 15.9 Å². The average Bonchev–Trinajstić information content (AvgIpc) is 2.38. The number of carbonyl (C=O) groups excluding carboxylic acids is 1. The van der Waals surface area contributed by atoms with Crippen LogP contribution in [0.15, 0.2) is 53.0 Å². The van der Waals surface area contributed by atoms with Crippen LogP contribution < -0.4 is 4.74 Å². The maximum Gasteiger partial charge on any atom is 0.200 e. The Morgan fingerprint density at radius 3 is 2.56 bits per heavy atom. The first-order chi connectivity index (χ1) is 8.66. The van der Waals surface area contributed by atoms with E-state index in [0.717, 1.165) is 4.47 Å². The second-order valence-corrected chi connectivity index (χ2v) is 4.94. The lowest BCUT2D eigenvalue weighted by atomic mass is 10.1. The molecule has 0 aliphatic rings. The molecular formula is C14H10BrClO2. The van der Waals surface area contributed by atoms with Crippen molar-refractivity contribution in [2.24, 2.45) is 0 Å². The van der Waals surface area contributed by atoms with Gasteiger partial charge in [-0.1, -0.05) is 41.9 Å². The molecule has 0 saturated heterocycles. The molecule has 2 aromatic carbocycles. The Hall–Kier alpha value is -1.32. The number of hydrogen-bond donors (Lipinski definition) is 0. The molecule has 0 bridgehead atoms. The molecule has 0 unspecified atom stereocenters. The SMILES string of the molecule is O=C(COc1ccc(Cl)cc1Br)c1ccccc1. The van der Waals surface area contributed by atoms with Gasteiger partial charge in [0.25, 0.3) is 0 Å². The Balaban J connectivity index is 2.02. The van der Waals surface area contributed by atoms with Crippen molar-refractivity contribution in [2.75, 3.05) is 6.61 Å². The Morgan fingerprint density at radius 2 is 1.89 bits per heavy atom. The monoisotopic (exact) mass is 324 g/mol. The highest BCUT2D eigenvalue weighted by Crippen LogP contribution is 2.27. The largest absolute Gasteiger partial charge is 0.484 e. The van der Waals surface area contributed by atoms with Crippen LogP contribution in [0.4, 0.5) is 0 Å². The summed E-state index contributed by atoms with van der Waals surface area (Å²) in [4.78, 5) is 11.8. The van der Waals surface area contributed by atoms with Gasteiger partial charge in [-0.3, -0.25) is 4.79 Å². The lowest BCUT2D eigenvalue weighted by molar-refractivity contribution is 0.0921. The molecule has 92 valence electrons. The summed E-state index contributed by atoms with van der Waals surface area (Å²) < 4.78 is 6.19. The smallest absolute Gasteiger partial charge is 0.200 e. The van der Waals surface area contributed by atoms with Crippen molar-refractivity contribution < 1.29 is 9.53 Å². The Morgan fingerprint density at radius 1 is 1.17 bits per heavy atom. The number of ether oxygens (including phenoxy) is 1. The zero-order valence-electron chi connectivity index (χ0n) is 9.40. The summed E-state index contributed by atoms with van der Waals surface area (Å²) in [5.74, 6) is 0.543. The first-order valence-corrected chi connectivity index (χ1v) is 6.50. The van der Waals surface area contributed by atoms with Crippen LogP contribution in [0.25, 0.3) is 0 Å². The van der Waals surface area contributed by atoms with Gasteiger partial charge in [0.05, 0.1) is 4.47 Å². The van der Waals surface area contributed by atoms with Crippen molar-refractivity contribution in [1.29, 1.82) is 0 Å². The van der Waals surface area contributed by atoms with Gasteiger partial charge < -0.3 is 4.74 Å². The van der Waals surface area contributed by atoms with Crippen LogP contribution >= 0.6 is 27.5 Å². The van der Waals surface area contributed by atoms with Gasteiger partial charge in [0, 0.05) is 10.6 Å². The van der Waals surface area contributed by atoms with E-state index in [1.54, 1.807) is 30.3 Å². The highest BCUT2D eigenvalue weighted by molar-refractivity contribution is 9.10. The molecule has 0 saturated carbocycles. The van der Waals surface area contributed by atoms with Gasteiger partial charge >= 0.3 is 0 Å². The number of hydrogen-bond acceptors (Lipinski definition) is 2. The third-order valence-electron chi connectivity index (χ3n) is 2.35. The van der Waals surface area contributed by atoms with Gasteiger partial charge in [0.1, 0.15) is 5.75 Å². The fraction of sp³-hybridized carbons (Fsp3) is 0.0714. The van der Waals surface area contributed by atoms with Crippen LogP contribution in [-0.2, 0) is 0 Å². The maximum absolute atomic E-state index is 11.8. The fourth-order valence-electron chi connectivity index (χ4n) is 1.44. The minimum Gasteiger partial charge on any atom is -0.484 e. The van der Waals surface area contributed by atoms with Crippen LogP contribution in [0.2, 0.25) is 5.02 Å². The van der Waals surface area contributed by atoms with Crippen molar-refractivity contribution in [3.63, 3.8) is 0 Å². The standard InChI is InChI=1S/C14H10BrClO2/c15-12-8-11(16)6-7-14(12)18-9-13(17)10-4-2-1-3-5-10/h1-8H,9H2. The molecule has 0 radical (unpaired) electrons. The minimum absolute atomic E-state index is 0.00421. The van der Waals surface area contributed by atoms with E-state index in [4.69, 9.17) is 16.3 Å². The van der Waals surface area contributed by atoms with E-state index in [9.17, 15) is 4.79 Å². The van der Waals surface area contributed by atoms with Gasteiger partial charge in [-0.15, -0.1) is 0 Å². The molecule has 2 aromatic rings. The Labute approximate surface area is 119 Å². The summed E-state index contributed by atoms with van der Waals surface area (Å²) in [5, 5.41) is 0.614. The van der Waals surface area contributed by atoms with Crippen molar-refractivity contribution in [1.82, 2.24) is 0 Å². The quantitative estimate of drug-likeness (QED) is 0.781. The van der Waals surface area contributed by atoms with Crippen molar-refractivity contribution in [3.8, 4) is 5.75 Å². The molecule has 0 spiro atoms. The van der Waals surface area contributed by atoms with Crippen LogP contribution in [-0.4, -0.2) is 12.4 Å². The Kier molecular flexibility index (Phi) is 4.39. The summed E-state index contributed by atoms with van der Waals surface area (Å²) in [6, 6.07) is 14.2. The lowest BCUT2D eigenvalue weighted by Gasteiger charge is -2.07. The average molecular weight is 326 g/mol. The molecule has 2 rings (SSSR count). The van der Waals surface area contributed by atoms with Gasteiger partial charge in [-0.25, -0.2) is 0 Å². The number of carbonyl (C=O) groups is 1. The highest BCUT2D eigenvalue weighted by atomic mass is 79.9. The Bertz CT molecular complexity index is 555. The molecule has 0 amide bonds. The van der Waals surface area contributed by atoms with Gasteiger partial charge in [0.2, 0.25) is 0 Å². The molecular weight excluding hydrogens is 316 g/mol. The predicted molar refractivity (Wildman–Crippen MR) is 75.4 cm³/mol. The summed E-state index contributed by atoms with van der Waals surface area (Å²) in [5.41, 5.74) is 0.641. The second kappa shape index (κ2) is 6.03. The normalized spacial score (nSPS) is 10.1. The predicted octanol–water partition coefficient (Wildman–Crippen LogP) is 4.36. The number of rotatable bonds is 4. The van der Waals surface area contributed by atoms with Crippen LogP contribution in [0.3, 0.4) is 0 Å². The van der Waals surface area contributed by atoms with E-state index in [0.29, 0.717) is 16.3 Å². The molecule has 0 atom stereocenters. The first kappa shape index (κ1) is 13.1. The summed E-state index contributed by atoms with van der Waals surface area (Å²) in [6.45, 7) is 0.00421. The number of halogens is 2. The number of ketones is 1. The third-order valence-corrected chi connectivity index (χ3v) is 3.20. The molecule has 4 heteroatoms. The van der Waals surface area contributed by atoms with E-state index >= 15 is 0 Å². The number of benzene rings is 2. The third kappa shape index (κ3) is 3.34. The van der Waals surface area contributed by atoms with Gasteiger partial charge in [-0.2, -0.15) is 0 Å². The van der Waals surface area contributed by atoms with Crippen molar-refractivity contribution in [3.05, 3.63) is 63.6 Å². The molecule has 0 aromatic heterocycles. The topological polar surface area (TPSA) is 26.3 Å². The fourth-order valence-corrected chi connectivity index (χ4v) is 2.24. The lowest BCUT2D eigenvalue weighted by Crippen LogP contribution is -2.11. The van der Waals surface area contributed by atoms with Gasteiger partial charge in [-0.05, 0) is 34.1 Å². The van der Waals surface area contributed by atoms with Crippen LogP contribution in [0.5, 0.6) is 5.75 Å². The number of Topliss-reactive ketones (excluding diaryl/α,β-unsaturated/α-hetero) is 1. The van der Waals surface area contributed by atoms with Crippen LogP contribution in [0.1, 0.15) is 10.4 Å². The molecule has 18 heavy (non-hydrogen) atoms. The van der Waals surface area contributed by atoms with Crippen molar-refractivity contribution in [2.45, 2.75) is 0 Å². The molecule has 0 fully saturated rings. The van der Waals surface area contributed by atoms with Crippen LogP contribution in [0, 0.1) is 0 Å². The van der Waals surface area contributed by atoms with E-state index < -0.39 is 0 Å². The van der Waals surface area contributed by atoms with Crippen molar-refractivity contribution >= 4 is 33.3 Å². The molecule has 2 nitrogen and oxygen atoms in total. The van der Waals surface area contributed by atoms with E-state index in [1.165, 1.54) is 0 Å². The minimum atomic E-state index is -0.0579. The molecule has 0 N–H and O–H groups in total. The molecule has 0 heterocycles. The van der Waals surface area contributed by atoms with Gasteiger partial charge in [0.15, 0.2) is 12.4 Å². The molecule has 0 aliphatic heterocycles. The van der Waals surface area contributed by atoms with E-state index in [-0.39, 0.29) is 12.4 Å². The summed E-state index contributed by atoms with van der Waals surface area (Å²) >= 11 is 9.16. The van der Waals surface area contributed by atoms with E-state index in [1.807, 2.05) is 18.2 Å². The summed E-state index contributed by atoms with van der Waals surface area (Å²) in [6.07, 6.45) is 0. The first-order valence-electron chi connectivity index (χ1n) is 5.33. The second-order valence-electron chi connectivity index (χ2n) is 3.65. The summed E-state index contributed by atoms with van der Waals surface area (Å²) in [7, 11) is 0. The zero-order chi connectivity index (χ0) is 13.0. The maximum atomic E-state index is 11.8. The zero-order valence-corrected chi connectivity index (χ0v) is 11.7. The highest BCUT2D eigenvalue weighted by Gasteiger charge is 2.08.